The first-order valence-electron chi connectivity index (χ1n) is 11.9. The Labute approximate surface area is 193 Å². The molecule has 32 heavy (non-hydrogen) atoms. The van der Waals surface area contributed by atoms with Crippen molar-refractivity contribution in [3.05, 3.63) is 35.9 Å². The highest BCUT2D eigenvalue weighted by atomic mass is 16.5. The van der Waals surface area contributed by atoms with Crippen molar-refractivity contribution in [3.8, 4) is 0 Å². The first-order chi connectivity index (χ1) is 15.4. The number of nitrogens with one attached hydrogen (secondary N) is 1. The largest absolute Gasteiger partial charge is 0.385 e. The lowest BCUT2D eigenvalue weighted by atomic mass is 9.68. The highest BCUT2D eigenvalue weighted by molar-refractivity contribution is 5.80. The van der Waals surface area contributed by atoms with Crippen molar-refractivity contribution >= 4 is 11.9 Å². The quantitative estimate of drug-likeness (QED) is 0.564. The SMILES string of the molecule is CCNC(=O)CCN1CC2(CCC(c3ccccc3)(N(C)C)CC2)N(CCCOC)C1=O. The molecule has 3 amide bonds. The van der Waals surface area contributed by atoms with Gasteiger partial charge in [0.05, 0.1) is 5.54 Å². The average Bonchev–Trinajstić information content (AvgIpc) is 3.05. The van der Waals surface area contributed by atoms with Crippen LogP contribution < -0.4 is 5.32 Å². The lowest BCUT2D eigenvalue weighted by Crippen LogP contribution is -2.55. The number of hydrogen-bond acceptors (Lipinski definition) is 4. The summed E-state index contributed by atoms with van der Waals surface area (Å²) in [5, 5.41) is 2.84. The topological polar surface area (TPSA) is 65.1 Å². The molecule has 1 aromatic rings. The van der Waals surface area contributed by atoms with Gasteiger partial charge in [-0.2, -0.15) is 0 Å². The Hall–Kier alpha value is -2.12. The monoisotopic (exact) mass is 444 g/mol. The Kier molecular flexibility index (Phi) is 8.17. The van der Waals surface area contributed by atoms with Crippen molar-refractivity contribution in [2.45, 2.75) is 56.5 Å². The Bertz CT molecular complexity index is 760. The summed E-state index contributed by atoms with van der Waals surface area (Å²) < 4.78 is 5.26. The van der Waals surface area contributed by atoms with E-state index < -0.39 is 0 Å². The molecule has 178 valence electrons. The molecule has 7 heteroatoms. The van der Waals surface area contributed by atoms with Crippen LogP contribution in [0.3, 0.4) is 0 Å². The van der Waals surface area contributed by atoms with Gasteiger partial charge in [0.2, 0.25) is 5.91 Å². The standard InChI is InChI=1S/C25H40N4O3/c1-5-26-22(30)12-18-28-20-24(29(23(28)31)17-9-19-32-4)13-15-25(16-14-24,27(2)3)21-10-7-6-8-11-21/h6-8,10-11H,5,9,12-20H2,1-4H3,(H,26,30). The van der Waals surface area contributed by atoms with Gasteiger partial charge in [0, 0.05) is 51.9 Å². The molecular weight excluding hydrogens is 404 g/mol. The first-order valence-corrected chi connectivity index (χ1v) is 11.9. The van der Waals surface area contributed by atoms with Crippen LogP contribution in [0.15, 0.2) is 30.3 Å². The molecule has 3 rings (SSSR count). The Balaban J connectivity index is 1.78. The third-order valence-corrected chi connectivity index (χ3v) is 7.45. The third kappa shape index (κ3) is 4.94. The van der Waals surface area contributed by atoms with Gasteiger partial charge in [0.25, 0.3) is 0 Å². The van der Waals surface area contributed by atoms with Gasteiger partial charge < -0.3 is 19.9 Å². The molecule has 1 aliphatic carbocycles. The van der Waals surface area contributed by atoms with E-state index in [1.165, 1.54) is 5.56 Å². The normalized spacial score (nSPS) is 25.7. The van der Waals surface area contributed by atoms with Gasteiger partial charge in [-0.3, -0.25) is 9.69 Å². The van der Waals surface area contributed by atoms with Gasteiger partial charge in [0.15, 0.2) is 0 Å². The van der Waals surface area contributed by atoms with E-state index in [-0.39, 0.29) is 23.0 Å². The predicted molar refractivity (Wildman–Crippen MR) is 126 cm³/mol. The van der Waals surface area contributed by atoms with E-state index in [2.05, 4.69) is 59.5 Å². The van der Waals surface area contributed by atoms with Crippen LogP contribution in [0.4, 0.5) is 4.79 Å². The minimum Gasteiger partial charge on any atom is -0.385 e. The molecule has 7 nitrogen and oxygen atoms in total. The lowest BCUT2D eigenvalue weighted by Gasteiger charge is -2.51. The Morgan fingerprint density at radius 1 is 1.12 bits per heavy atom. The van der Waals surface area contributed by atoms with Crippen LogP contribution in [0, 0.1) is 0 Å². The van der Waals surface area contributed by atoms with Gasteiger partial charge in [-0.1, -0.05) is 30.3 Å². The van der Waals surface area contributed by atoms with Crippen LogP contribution in [-0.4, -0.2) is 86.2 Å². The van der Waals surface area contributed by atoms with Crippen LogP contribution in [0.1, 0.15) is 51.0 Å². The summed E-state index contributed by atoms with van der Waals surface area (Å²) in [7, 11) is 6.03. The summed E-state index contributed by atoms with van der Waals surface area (Å²) in [4.78, 5) is 31.7. The molecule has 1 spiro atoms. The lowest BCUT2D eigenvalue weighted by molar-refractivity contribution is -0.121. The fraction of sp³-hybridized carbons (Fsp3) is 0.680. The molecule has 1 saturated carbocycles. The van der Waals surface area contributed by atoms with E-state index in [9.17, 15) is 9.59 Å². The van der Waals surface area contributed by atoms with Gasteiger partial charge >= 0.3 is 6.03 Å². The maximum atomic E-state index is 13.4. The summed E-state index contributed by atoms with van der Waals surface area (Å²) >= 11 is 0. The van der Waals surface area contributed by atoms with Gasteiger partial charge in [-0.25, -0.2) is 4.79 Å². The van der Waals surface area contributed by atoms with E-state index >= 15 is 0 Å². The second kappa shape index (κ2) is 10.7. The minimum atomic E-state index is -0.166. The Morgan fingerprint density at radius 3 is 2.41 bits per heavy atom. The van der Waals surface area contributed by atoms with Crippen molar-refractivity contribution < 1.29 is 14.3 Å². The molecule has 1 aliphatic heterocycles. The summed E-state index contributed by atoms with van der Waals surface area (Å²) in [5.74, 6) is 0.00605. The van der Waals surface area contributed by atoms with Crippen LogP contribution >= 0.6 is 0 Å². The van der Waals surface area contributed by atoms with Crippen molar-refractivity contribution in [1.29, 1.82) is 0 Å². The third-order valence-electron chi connectivity index (χ3n) is 7.45. The van der Waals surface area contributed by atoms with E-state index in [4.69, 9.17) is 4.74 Å². The van der Waals surface area contributed by atoms with Gasteiger partial charge in [0.1, 0.15) is 0 Å². The molecule has 0 atom stereocenters. The van der Waals surface area contributed by atoms with Crippen LogP contribution in [0.25, 0.3) is 0 Å². The molecule has 0 radical (unpaired) electrons. The smallest absolute Gasteiger partial charge is 0.320 e. The molecule has 2 fully saturated rings. The number of nitrogens with zero attached hydrogens (tertiary/aromatic N) is 3. The number of carbonyl (C=O) groups excluding carboxylic acids is 2. The first kappa shape index (κ1) is 24.5. The highest BCUT2D eigenvalue weighted by Gasteiger charge is 2.54. The predicted octanol–water partition coefficient (Wildman–Crippen LogP) is 3.06. The number of carbonyl (C=O) groups is 2. The number of hydrogen-bond donors (Lipinski definition) is 1. The average molecular weight is 445 g/mol. The fourth-order valence-corrected chi connectivity index (χ4v) is 5.58. The molecule has 2 aliphatic rings. The van der Waals surface area contributed by atoms with Crippen molar-refractivity contribution in [2.24, 2.45) is 0 Å². The maximum absolute atomic E-state index is 13.4. The minimum absolute atomic E-state index is 0.00605. The number of benzene rings is 1. The van der Waals surface area contributed by atoms with Gasteiger partial charge in [-0.05, 0) is 58.7 Å². The number of urea groups is 1. The molecule has 1 saturated heterocycles. The number of rotatable bonds is 10. The zero-order valence-corrected chi connectivity index (χ0v) is 20.2. The molecule has 1 heterocycles. The number of ether oxygens (including phenoxy) is 1. The zero-order chi connectivity index (χ0) is 23.2. The summed E-state index contributed by atoms with van der Waals surface area (Å²) in [6, 6.07) is 10.8. The zero-order valence-electron chi connectivity index (χ0n) is 20.2. The van der Waals surface area contributed by atoms with E-state index in [0.717, 1.165) is 32.1 Å². The molecule has 0 aromatic heterocycles. The molecule has 0 bridgehead atoms. The van der Waals surface area contributed by atoms with Crippen LogP contribution in [-0.2, 0) is 15.1 Å². The van der Waals surface area contributed by atoms with E-state index in [1.807, 2.05) is 11.8 Å². The maximum Gasteiger partial charge on any atom is 0.320 e. The molecule has 1 N–H and O–H groups in total. The number of methoxy groups -OCH3 is 1. The fourth-order valence-electron chi connectivity index (χ4n) is 5.58. The molecule has 0 unspecified atom stereocenters. The second-order valence-electron chi connectivity index (χ2n) is 9.42. The summed E-state index contributed by atoms with van der Waals surface area (Å²) in [6.45, 7) is 5.05. The van der Waals surface area contributed by atoms with E-state index in [0.29, 0.717) is 39.2 Å². The van der Waals surface area contributed by atoms with Crippen LogP contribution in [0.2, 0.25) is 0 Å². The summed E-state index contributed by atoms with van der Waals surface area (Å²) in [6.07, 6.45) is 5.09. The highest BCUT2D eigenvalue weighted by Crippen LogP contribution is 2.48. The van der Waals surface area contributed by atoms with Crippen molar-refractivity contribution in [3.63, 3.8) is 0 Å². The molecule has 1 aromatic carbocycles. The van der Waals surface area contributed by atoms with Crippen molar-refractivity contribution in [2.75, 3.05) is 54.0 Å². The van der Waals surface area contributed by atoms with E-state index in [1.54, 1.807) is 7.11 Å². The van der Waals surface area contributed by atoms with Crippen LogP contribution in [0.5, 0.6) is 0 Å². The second-order valence-corrected chi connectivity index (χ2v) is 9.42. The van der Waals surface area contributed by atoms with Crippen molar-refractivity contribution in [1.82, 2.24) is 20.0 Å². The molecular formula is C25H40N4O3. The Morgan fingerprint density at radius 2 is 1.81 bits per heavy atom. The van der Waals surface area contributed by atoms with Gasteiger partial charge in [-0.15, -0.1) is 0 Å². The summed E-state index contributed by atoms with van der Waals surface area (Å²) in [5.41, 5.74) is 1.17. The number of amides is 3.